The molecule has 4 rings (SSSR count). The summed E-state index contributed by atoms with van der Waals surface area (Å²) in [5, 5.41) is 17.1. The van der Waals surface area contributed by atoms with Crippen LogP contribution in [0.3, 0.4) is 0 Å². The molecule has 0 aliphatic carbocycles. The molecule has 3 aromatic carbocycles. The van der Waals surface area contributed by atoms with E-state index >= 15 is 0 Å². The zero-order valence-corrected chi connectivity index (χ0v) is 25.9. The number of hydrogen-bond donors (Lipinski definition) is 3. The first-order valence-corrected chi connectivity index (χ1v) is 16.3. The van der Waals surface area contributed by atoms with E-state index in [1.807, 2.05) is 44.2 Å². The molecule has 0 bridgehead atoms. The lowest BCUT2D eigenvalue weighted by Gasteiger charge is -2.29. The van der Waals surface area contributed by atoms with Crippen LogP contribution in [0.25, 0.3) is 0 Å². The molecule has 1 aliphatic heterocycles. The van der Waals surface area contributed by atoms with Gasteiger partial charge in [-0.05, 0) is 68.5 Å². The fourth-order valence-corrected chi connectivity index (χ4v) is 6.66. The quantitative estimate of drug-likeness (QED) is 0.244. The number of halogens is 3. The molecule has 45 heavy (non-hydrogen) atoms. The molecule has 3 aromatic rings. The molecule has 1 aliphatic rings. The van der Waals surface area contributed by atoms with E-state index in [4.69, 9.17) is 4.74 Å². The van der Waals surface area contributed by atoms with Crippen LogP contribution in [-0.4, -0.2) is 62.9 Å². The molecule has 0 radical (unpaired) electrons. The first kappa shape index (κ1) is 34.1. The van der Waals surface area contributed by atoms with Crippen molar-refractivity contribution in [1.82, 2.24) is 10.6 Å². The molecule has 9 nitrogen and oxygen atoms in total. The minimum absolute atomic E-state index is 0.00983. The minimum Gasteiger partial charge on any atom is -0.491 e. The Bertz CT molecular complexity index is 1540. The Kier molecular flexibility index (Phi) is 11.3. The maximum absolute atomic E-state index is 13.7. The topological polar surface area (TPSA) is 117 Å². The zero-order chi connectivity index (χ0) is 32.6. The Morgan fingerprint density at radius 3 is 2.40 bits per heavy atom. The molecule has 1 fully saturated rings. The lowest BCUT2D eigenvalue weighted by molar-refractivity contribution is -0.274. The van der Waals surface area contributed by atoms with Crippen LogP contribution in [0.4, 0.5) is 18.9 Å². The average molecular weight is 650 g/mol. The maximum atomic E-state index is 13.7. The summed E-state index contributed by atoms with van der Waals surface area (Å²) in [6.45, 7) is 4.09. The van der Waals surface area contributed by atoms with Gasteiger partial charge in [0.05, 0.1) is 29.7 Å². The van der Waals surface area contributed by atoms with Crippen molar-refractivity contribution in [3.8, 4) is 11.5 Å². The number of anilines is 1. The van der Waals surface area contributed by atoms with E-state index in [1.165, 1.54) is 34.6 Å². The van der Waals surface area contributed by atoms with E-state index in [2.05, 4.69) is 15.4 Å². The molecule has 244 valence electrons. The zero-order valence-electron chi connectivity index (χ0n) is 25.1. The number of nitrogens with one attached hydrogen (secondary N) is 2. The number of sulfonamides is 1. The SMILES string of the molecule is CC(C)Oc1cc(C(=O)N[C@@H](Cc2ccccc2)[C@H](O)CNCc2cccc(OC(F)(F)F)c2)cc(N2CCCCS2(=O)=O)c1. The van der Waals surface area contributed by atoms with Gasteiger partial charge in [0.15, 0.2) is 0 Å². The summed E-state index contributed by atoms with van der Waals surface area (Å²) >= 11 is 0. The summed E-state index contributed by atoms with van der Waals surface area (Å²) in [5.74, 6) is -0.525. The lowest BCUT2D eigenvalue weighted by Crippen LogP contribution is -2.48. The second-order valence-electron chi connectivity index (χ2n) is 11.1. The second kappa shape index (κ2) is 15.0. The van der Waals surface area contributed by atoms with E-state index in [-0.39, 0.29) is 42.7 Å². The van der Waals surface area contributed by atoms with Crippen molar-refractivity contribution in [1.29, 1.82) is 0 Å². The summed E-state index contributed by atoms with van der Waals surface area (Å²) in [6, 6.07) is 18.6. The molecule has 0 saturated carbocycles. The number of alkyl halides is 3. The molecule has 0 unspecified atom stereocenters. The molecule has 1 amide bonds. The minimum atomic E-state index is -4.81. The van der Waals surface area contributed by atoms with E-state index in [9.17, 15) is 31.5 Å². The first-order chi connectivity index (χ1) is 21.3. The van der Waals surface area contributed by atoms with Crippen LogP contribution < -0.4 is 24.4 Å². The number of carbonyl (C=O) groups is 1. The van der Waals surface area contributed by atoms with E-state index in [0.717, 1.165) is 5.56 Å². The third-order valence-electron chi connectivity index (χ3n) is 7.06. The number of aliphatic hydroxyl groups is 1. The number of aliphatic hydroxyl groups excluding tert-OH is 1. The molecule has 0 aromatic heterocycles. The summed E-state index contributed by atoms with van der Waals surface area (Å²) in [5.41, 5.74) is 1.87. The van der Waals surface area contributed by atoms with Crippen molar-refractivity contribution in [2.75, 3.05) is 23.1 Å². The molecular weight excluding hydrogens is 611 g/mol. The third-order valence-corrected chi connectivity index (χ3v) is 8.93. The molecule has 1 heterocycles. The van der Waals surface area contributed by atoms with Gasteiger partial charge in [-0.1, -0.05) is 42.5 Å². The Labute approximate surface area is 261 Å². The smallest absolute Gasteiger partial charge is 0.491 e. The van der Waals surface area contributed by atoms with Crippen molar-refractivity contribution in [3.63, 3.8) is 0 Å². The first-order valence-electron chi connectivity index (χ1n) is 14.7. The lowest BCUT2D eigenvalue weighted by atomic mass is 10.00. The van der Waals surface area contributed by atoms with Crippen molar-refractivity contribution < 1.29 is 41.0 Å². The van der Waals surface area contributed by atoms with Crippen molar-refractivity contribution >= 4 is 21.6 Å². The van der Waals surface area contributed by atoms with Gasteiger partial charge in [-0.15, -0.1) is 13.2 Å². The predicted octanol–water partition coefficient (Wildman–Crippen LogP) is 4.79. The van der Waals surface area contributed by atoms with Gasteiger partial charge in [0.2, 0.25) is 10.0 Å². The molecule has 13 heteroatoms. The van der Waals surface area contributed by atoms with E-state index in [1.54, 1.807) is 12.1 Å². The predicted molar refractivity (Wildman–Crippen MR) is 165 cm³/mol. The highest BCUT2D eigenvalue weighted by atomic mass is 32.2. The third kappa shape index (κ3) is 10.4. The van der Waals surface area contributed by atoms with Gasteiger partial charge in [0.1, 0.15) is 11.5 Å². The number of hydrogen-bond acceptors (Lipinski definition) is 7. The number of benzene rings is 3. The van der Waals surface area contributed by atoms with Crippen LogP contribution in [-0.2, 0) is 23.0 Å². The summed E-state index contributed by atoms with van der Waals surface area (Å²) in [7, 11) is -3.55. The summed E-state index contributed by atoms with van der Waals surface area (Å²) in [6.07, 6.45) is -4.61. The largest absolute Gasteiger partial charge is 0.573 e. The highest BCUT2D eigenvalue weighted by Crippen LogP contribution is 2.30. The van der Waals surface area contributed by atoms with Crippen molar-refractivity contribution in [2.24, 2.45) is 0 Å². The van der Waals surface area contributed by atoms with E-state index in [0.29, 0.717) is 36.4 Å². The van der Waals surface area contributed by atoms with Crippen LogP contribution in [0.1, 0.15) is 48.2 Å². The summed E-state index contributed by atoms with van der Waals surface area (Å²) < 4.78 is 74.6. The van der Waals surface area contributed by atoms with Crippen LogP contribution in [0.2, 0.25) is 0 Å². The van der Waals surface area contributed by atoms with Crippen molar-refractivity contribution in [2.45, 2.75) is 64.3 Å². The molecule has 0 spiro atoms. The van der Waals surface area contributed by atoms with Crippen LogP contribution in [0, 0.1) is 0 Å². The fourth-order valence-electron chi connectivity index (χ4n) is 5.04. The van der Waals surface area contributed by atoms with Gasteiger partial charge in [-0.2, -0.15) is 0 Å². The standard InChI is InChI=1S/C32H38F3N3O6S/c1-22(2)43-28-18-25(17-26(19-28)38-13-6-7-14-45(38,41)42)31(40)37-29(16-23-9-4-3-5-10-23)30(39)21-36-20-24-11-8-12-27(15-24)44-32(33,34)35/h3-5,8-12,15,17-19,22,29-30,36,39H,6-7,13-14,16,20-21H2,1-2H3,(H,37,40)/t29-,30+/m0/s1. The highest BCUT2D eigenvalue weighted by Gasteiger charge is 2.31. The van der Waals surface area contributed by atoms with Gasteiger partial charge < -0.3 is 25.2 Å². The van der Waals surface area contributed by atoms with Crippen molar-refractivity contribution in [3.05, 3.63) is 89.5 Å². The Hall–Kier alpha value is -3.81. The maximum Gasteiger partial charge on any atom is 0.573 e. The Morgan fingerprint density at radius 2 is 1.71 bits per heavy atom. The Morgan fingerprint density at radius 1 is 0.978 bits per heavy atom. The van der Waals surface area contributed by atoms with Gasteiger partial charge in [0.25, 0.3) is 5.91 Å². The molecule has 3 N–H and O–H groups in total. The number of rotatable bonds is 13. The number of ether oxygens (including phenoxy) is 2. The number of amides is 1. The second-order valence-corrected chi connectivity index (χ2v) is 13.2. The normalized spacial score (nSPS) is 16.2. The van der Waals surface area contributed by atoms with Crippen LogP contribution in [0.15, 0.2) is 72.8 Å². The van der Waals surface area contributed by atoms with Gasteiger partial charge >= 0.3 is 6.36 Å². The highest BCUT2D eigenvalue weighted by molar-refractivity contribution is 7.92. The monoisotopic (exact) mass is 649 g/mol. The average Bonchev–Trinajstić information content (AvgIpc) is 2.96. The van der Waals surface area contributed by atoms with Gasteiger partial charge in [0, 0.05) is 31.3 Å². The molecule has 1 saturated heterocycles. The fraction of sp³-hybridized carbons (Fsp3) is 0.406. The Balaban J connectivity index is 1.52. The molecular formula is C32H38F3N3O6S. The molecule has 2 atom stereocenters. The number of carbonyl (C=O) groups excluding carboxylic acids is 1. The number of nitrogens with zero attached hydrogens (tertiary/aromatic N) is 1. The van der Waals surface area contributed by atoms with Crippen LogP contribution >= 0.6 is 0 Å². The van der Waals surface area contributed by atoms with Gasteiger partial charge in [-0.25, -0.2) is 8.42 Å². The summed E-state index contributed by atoms with van der Waals surface area (Å²) in [4.78, 5) is 13.7. The van der Waals surface area contributed by atoms with Crippen LogP contribution in [0.5, 0.6) is 11.5 Å². The van der Waals surface area contributed by atoms with Gasteiger partial charge in [-0.3, -0.25) is 9.10 Å². The van der Waals surface area contributed by atoms with E-state index < -0.39 is 34.4 Å².